The molecule has 0 N–H and O–H groups in total. The molecule has 2 fully saturated rings. The zero-order valence-corrected chi connectivity index (χ0v) is 15.8. The van der Waals surface area contributed by atoms with Crippen LogP contribution in [-0.4, -0.2) is 51.2 Å². The number of hydrogen-bond donors (Lipinski definition) is 0. The summed E-state index contributed by atoms with van der Waals surface area (Å²) in [7, 11) is 1.48. The second-order valence-electron chi connectivity index (χ2n) is 7.41. The molecule has 1 amide bonds. The number of aryl methyl sites for hydroxylation is 1. The summed E-state index contributed by atoms with van der Waals surface area (Å²) >= 11 is 0. The fourth-order valence-corrected chi connectivity index (χ4v) is 4.12. The van der Waals surface area contributed by atoms with Gasteiger partial charge in [-0.2, -0.15) is 18.3 Å². The quantitative estimate of drug-likeness (QED) is 0.761. The zero-order chi connectivity index (χ0) is 20.8. The van der Waals surface area contributed by atoms with E-state index in [2.05, 4.69) is 10.1 Å². The van der Waals surface area contributed by atoms with Crippen LogP contribution in [0.5, 0.6) is 0 Å². The highest BCUT2D eigenvalue weighted by Gasteiger charge is 2.42. The lowest BCUT2D eigenvalue weighted by atomic mass is 9.92. The number of amides is 1. The Kier molecular flexibility index (Phi) is 4.79. The first kappa shape index (κ1) is 19.4. The van der Waals surface area contributed by atoms with Crippen LogP contribution in [0.25, 0.3) is 0 Å². The summed E-state index contributed by atoms with van der Waals surface area (Å²) in [6.45, 7) is 1.56. The van der Waals surface area contributed by atoms with Gasteiger partial charge in [0.25, 0.3) is 11.5 Å². The number of likely N-dealkylation sites (tertiary alicyclic amines) is 1. The molecular weight excluding hydrogens is 387 g/mol. The number of anilines is 1. The van der Waals surface area contributed by atoms with Crippen LogP contribution in [0.1, 0.15) is 29.0 Å². The summed E-state index contributed by atoms with van der Waals surface area (Å²) in [6, 6.07) is 6.44. The first-order valence-electron chi connectivity index (χ1n) is 9.38. The molecule has 0 saturated carbocycles. The third kappa shape index (κ3) is 3.70. The molecule has 2 aromatic rings. The van der Waals surface area contributed by atoms with E-state index in [0.29, 0.717) is 19.6 Å². The second kappa shape index (κ2) is 7.16. The molecule has 2 atom stereocenters. The number of piperidine rings is 1. The molecule has 0 aliphatic carbocycles. The average molecular weight is 407 g/mol. The van der Waals surface area contributed by atoms with Crippen molar-refractivity contribution in [3.05, 3.63) is 52.1 Å². The Bertz CT molecular complexity index is 990. The van der Waals surface area contributed by atoms with Crippen molar-refractivity contribution >= 4 is 11.7 Å². The number of rotatable bonds is 2. The fraction of sp³-hybridized carbons (Fsp3) is 0.474. The number of halogens is 3. The number of pyridine rings is 1. The smallest absolute Gasteiger partial charge is 0.355 e. The maximum Gasteiger partial charge on any atom is 0.433 e. The summed E-state index contributed by atoms with van der Waals surface area (Å²) in [6.07, 6.45) is -2.89. The molecule has 4 heterocycles. The van der Waals surface area contributed by atoms with Crippen molar-refractivity contribution < 1.29 is 18.0 Å². The maximum atomic E-state index is 13.0. The van der Waals surface area contributed by atoms with E-state index in [1.807, 2.05) is 0 Å². The van der Waals surface area contributed by atoms with E-state index in [0.717, 1.165) is 23.6 Å². The van der Waals surface area contributed by atoms with E-state index >= 15 is 0 Å². The molecule has 2 aliphatic heterocycles. The summed E-state index contributed by atoms with van der Waals surface area (Å²) < 4.78 is 40.1. The molecule has 2 saturated heterocycles. The summed E-state index contributed by atoms with van der Waals surface area (Å²) in [5.41, 5.74) is -1.05. The normalized spacial score (nSPS) is 21.9. The van der Waals surface area contributed by atoms with E-state index in [9.17, 15) is 22.8 Å². The van der Waals surface area contributed by atoms with E-state index in [1.54, 1.807) is 15.9 Å². The summed E-state index contributed by atoms with van der Waals surface area (Å²) in [4.78, 5) is 31.8. The Balaban J connectivity index is 1.55. The number of alkyl halides is 3. The molecule has 29 heavy (non-hydrogen) atoms. The van der Waals surface area contributed by atoms with E-state index in [-0.39, 0.29) is 34.9 Å². The van der Waals surface area contributed by atoms with Gasteiger partial charge in [-0.05, 0) is 37.0 Å². The Morgan fingerprint density at radius 2 is 1.90 bits per heavy atom. The molecule has 0 aromatic carbocycles. The average Bonchev–Trinajstić information content (AvgIpc) is 3.12. The van der Waals surface area contributed by atoms with Crippen molar-refractivity contribution in [2.75, 3.05) is 24.5 Å². The van der Waals surface area contributed by atoms with Gasteiger partial charge in [-0.1, -0.05) is 6.07 Å². The molecule has 0 spiro atoms. The van der Waals surface area contributed by atoms with Gasteiger partial charge in [-0.15, -0.1) is 0 Å². The standard InChI is InChI=1S/C19H20F3N5O2/c1-25-17(28)6-5-13(24-25)18(29)27-10-8-12-7-9-26(11-14(12)27)16-4-2-3-15(23-16)19(20,21)22/h2-6,12,14H,7-11H2,1H3. The number of carbonyl (C=O) groups is 1. The SMILES string of the molecule is Cn1nc(C(=O)N2CCC3CCN(c4cccc(C(F)(F)F)n4)CC32)ccc1=O. The van der Waals surface area contributed by atoms with Gasteiger partial charge in [0.15, 0.2) is 0 Å². The molecule has 0 bridgehead atoms. The summed E-state index contributed by atoms with van der Waals surface area (Å²) in [5, 5.41) is 4.03. The highest BCUT2D eigenvalue weighted by Crippen LogP contribution is 2.35. The van der Waals surface area contributed by atoms with Crippen LogP contribution in [0.2, 0.25) is 0 Å². The Morgan fingerprint density at radius 1 is 1.14 bits per heavy atom. The minimum Gasteiger partial charge on any atom is -0.355 e. The van der Waals surface area contributed by atoms with Crippen molar-refractivity contribution in [2.24, 2.45) is 13.0 Å². The van der Waals surface area contributed by atoms with Crippen molar-refractivity contribution in [2.45, 2.75) is 25.1 Å². The van der Waals surface area contributed by atoms with E-state index in [4.69, 9.17) is 0 Å². The molecule has 2 unspecified atom stereocenters. The molecule has 2 aromatic heterocycles. The van der Waals surface area contributed by atoms with Gasteiger partial charge in [0, 0.05) is 32.7 Å². The van der Waals surface area contributed by atoms with E-state index < -0.39 is 11.9 Å². The number of fused-ring (bicyclic) bond motifs is 1. The topological polar surface area (TPSA) is 71.3 Å². The number of aromatic nitrogens is 3. The van der Waals surface area contributed by atoms with E-state index in [1.165, 1.54) is 25.2 Å². The van der Waals surface area contributed by atoms with Gasteiger partial charge < -0.3 is 9.80 Å². The second-order valence-corrected chi connectivity index (χ2v) is 7.41. The molecule has 0 radical (unpaired) electrons. The van der Waals surface area contributed by atoms with Gasteiger partial charge in [-0.25, -0.2) is 9.67 Å². The predicted octanol–water partition coefficient (Wildman–Crippen LogP) is 1.94. The van der Waals surface area contributed by atoms with Gasteiger partial charge >= 0.3 is 6.18 Å². The van der Waals surface area contributed by atoms with Crippen molar-refractivity contribution in [3.8, 4) is 0 Å². The van der Waals surface area contributed by atoms with Crippen LogP contribution >= 0.6 is 0 Å². The molecular formula is C19H20F3N5O2. The van der Waals surface area contributed by atoms with Crippen LogP contribution in [0.3, 0.4) is 0 Å². The van der Waals surface area contributed by atoms with Crippen LogP contribution in [0.4, 0.5) is 19.0 Å². The first-order chi connectivity index (χ1) is 13.7. The third-order valence-corrected chi connectivity index (χ3v) is 5.65. The minimum atomic E-state index is -4.50. The Hall–Kier alpha value is -2.91. The van der Waals surface area contributed by atoms with Crippen molar-refractivity contribution in [3.63, 3.8) is 0 Å². The first-order valence-corrected chi connectivity index (χ1v) is 9.38. The lowest BCUT2D eigenvalue weighted by Gasteiger charge is -2.39. The van der Waals surface area contributed by atoms with Crippen LogP contribution in [0.15, 0.2) is 35.1 Å². The van der Waals surface area contributed by atoms with Crippen molar-refractivity contribution in [1.29, 1.82) is 0 Å². The fourth-order valence-electron chi connectivity index (χ4n) is 4.12. The number of nitrogens with zero attached hydrogens (tertiary/aromatic N) is 5. The number of hydrogen-bond acceptors (Lipinski definition) is 5. The lowest BCUT2D eigenvalue weighted by molar-refractivity contribution is -0.141. The van der Waals surface area contributed by atoms with Crippen LogP contribution in [-0.2, 0) is 13.2 Å². The van der Waals surface area contributed by atoms with Crippen LogP contribution < -0.4 is 10.5 Å². The predicted molar refractivity (Wildman–Crippen MR) is 98.5 cm³/mol. The molecule has 7 nitrogen and oxygen atoms in total. The summed E-state index contributed by atoms with van der Waals surface area (Å²) in [5.74, 6) is 0.276. The van der Waals surface area contributed by atoms with Gasteiger partial charge in [0.1, 0.15) is 17.2 Å². The number of carbonyl (C=O) groups excluding carboxylic acids is 1. The van der Waals surface area contributed by atoms with Crippen LogP contribution in [0, 0.1) is 5.92 Å². The highest BCUT2D eigenvalue weighted by atomic mass is 19.4. The molecule has 4 rings (SSSR count). The molecule has 10 heteroatoms. The molecule has 154 valence electrons. The maximum absolute atomic E-state index is 13.0. The largest absolute Gasteiger partial charge is 0.433 e. The van der Waals surface area contributed by atoms with Gasteiger partial charge in [0.05, 0.1) is 6.04 Å². The zero-order valence-electron chi connectivity index (χ0n) is 15.8. The monoisotopic (exact) mass is 407 g/mol. The van der Waals surface area contributed by atoms with Gasteiger partial charge in [0.2, 0.25) is 0 Å². The highest BCUT2D eigenvalue weighted by molar-refractivity contribution is 5.92. The van der Waals surface area contributed by atoms with Crippen molar-refractivity contribution in [1.82, 2.24) is 19.7 Å². The third-order valence-electron chi connectivity index (χ3n) is 5.65. The van der Waals surface area contributed by atoms with Gasteiger partial charge in [-0.3, -0.25) is 9.59 Å². The Labute approximate surface area is 164 Å². The minimum absolute atomic E-state index is 0.133. The lowest BCUT2D eigenvalue weighted by Crippen LogP contribution is -2.50. The Morgan fingerprint density at radius 3 is 2.62 bits per heavy atom. The molecule has 2 aliphatic rings.